The number of anilines is 1. The molecular formula is C14H10F2N2O3. The summed E-state index contributed by atoms with van der Waals surface area (Å²) >= 11 is 0. The van der Waals surface area contributed by atoms with Gasteiger partial charge in [-0.2, -0.15) is 4.39 Å². The summed E-state index contributed by atoms with van der Waals surface area (Å²) < 4.78 is 26.3. The van der Waals surface area contributed by atoms with E-state index < -0.39 is 28.2 Å². The second-order valence-electron chi connectivity index (χ2n) is 4.26. The van der Waals surface area contributed by atoms with Gasteiger partial charge in [0, 0.05) is 24.4 Å². The Balaban J connectivity index is 2.29. The minimum Gasteiger partial charge on any atom is -0.311 e. The number of carbonyl (C=O) groups excluding carboxylic acids is 1. The van der Waals surface area contributed by atoms with Gasteiger partial charge in [-0.25, -0.2) is 4.39 Å². The number of rotatable bonds is 3. The van der Waals surface area contributed by atoms with E-state index >= 15 is 0 Å². The first-order chi connectivity index (χ1) is 9.90. The molecule has 0 aliphatic heterocycles. The number of nitro groups is 1. The lowest BCUT2D eigenvalue weighted by molar-refractivity contribution is -0.387. The van der Waals surface area contributed by atoms with E-state index in [-0.39, 0.29) is 5.56 Å². The topological polar surface area (TPSA) is 63.5 Å². The highest BCUT2D eigenvalue weighted by Gasteiger charge is 2.19. The average Bonchev–Trinajstić information content (AvgIpc) is 2.46. The van der Waals surface area contributed by atoms with E-state index in [4.69, 9.17) is 0 Å². The van der Waals surface area contributed by atoms with Gasteiger partial charge in [-0.15, -0.1) is 0 Å². The number of benzene rings is 2. The molecule has 0 atom stereocenters. The monoisotopic (exact) mass is 292 g/mol. The Kier molecular flexibility index (Phi) is 3.93. The molecule has 0 aliphatic rings. The van der Waals surface area contributed by atoms with Gasteiger partial charge in [0.15, 0.2) is 0 Å². The second kappa shape index (κ2) is 5.66. The predicted octanol–water partition coefficient (Wildman–Crippen LogP) is 3.15. The van der Waals surface area contributed by atoms with Gasteiger partial charge in [-0.05, 0) is 36.4 Å². The maximum atomic E-state index is 13.5. The molecule has 0 spiro atoms. The van der Waals surface area contributed by atoms with Crippen LogP contribution in [0.5, 0.6) is 0 Å². The van der Waals surface area contributed by atoms with Crippen LogP contribution in [0.15, 0.2) is 42.5 Å². The Bertz CT molecular complexity index is 702. The molecule has 0 aromatic heterocycles. The molecule has 2 aromatic carbocycles. The summed E-state index contributed by atoms with van der Waals surface area (Å²) in [6.45, 7) is 0. The quantitative estimate of drug-likeness (QED) is 0.645. The zero-order valence-corrected chi connectivity index (χ0v) is 10.9. The van der Waals surface area contributed by atoms with Crippen LogP contribution in [0.25, 0.3) is 0 Å². The van der Waals surface area contributed by atoms with Gasteiger partial charge < -0.3 is 4.90 Å². The normalized spacial score (nSPS) is 10.2. The largest absolute Gasteiger partial charge is 0.311 e. The van der Waals surface area contributed by atoms with Crippen molar-refractivity contribution in [2.45, 2.75) is 0 Å². The summed E-state index contributed by atoms with van der Waals surface area (Å²) in [5, 5.41) is 10.5. The molecule has 1 amide bonds. The van der Waals surface area contributed by atoms with Crippen molar-refractivity contribution in [3.05, 3.63) is 69.8 Å². The van der Waals surface area contributed by atoms with E-state index in [1.807, 2.05) is 0 Å². The maximum absolute atomic E-state index is 13.5. The van der Waals surface area contributed by atoms with Gasteiger partial charge in [0.05, 0.1) is 4.92 Å². The van der Waals surface area contributed by atoms with E-state index in [0.29, 0.717) is 5.69 Å². The molecule has 0 heterocycles. The van der Waals surface area contributed by atoms with Crippen LogP contribution in [-0.4, -0.2) is 17.9 Å². The molecule has 21 heavy (non-hydrogen) atoms. The van der Waals surface area contributed by atoms with Gasteiger partial charge in [0.2, 0.25) is 5.82 Å². The van der Waals surface area contributed by atoms with E-state index in [1.165, 1.54) is 42.3 Å². The fourth-order valence-corrected chi connectivity index (χ4v) is 1.76. The second-order valence-corrected chi connectivity index (χ2v) is 4.26. The molecule has 7 heteroatoms. The fourth-order valence-electron chi connectivity index (χ4n) is 1.76. The molecule has 0 N–H and O–H groups in total. The number of hydrogen-bond donors (Lipinski definition) is 0. The summed E-state index contributed by atoms with van der Waals surface area (Å²) in [6.07, 6.45) is 0. The lowest BCUT2D eigenvalue weighted by Crippen LogP contribution is -2.26. The summed E-state index contributed by atoms with van der Waals surface area (Å²) in [5.74, 6) is -2.09. The van der Waals surface area contributed by atoms with Gasteiger partial charge in [0.25, 0.3) is 5.91 Å². The first kappa shape index (κ1) is 14.6. The zero-order valence-electron chi connectivity index (χ0n) is 10.9. The van der Waals surface area contributed by atoms with Crippen molar-refractivity contribution < 1.29 is 18.5 Å². The number of carbonyl (C=O) groups is 1. The summed E-state index contributed by atoms with van der Waals surface area (Å²) in [6, 6.07) is 8.08. The molecule has 0 saturated heterocycles. The smallest absolute Gasteiger partial charge is 0.304 e. The third kappa shape index (κ3) is 3.02. The number of hydrogen-bond acceptors (Lipinski definition) is 3. The maximum Gasteiger partial charge on any atom is 0.304 e. The van der Waals surface area contributed by atoms with Crippen molar-refractivity contribution in [1.82, 2.24) is 0 Å². The molecule has 5 nitrogen and oxygen atoms in total. The fraction of sp³-hybridized carbons (Fsp3) is 0.0714. The molecule has 0 fully saturated rings. The van der Waals surface area contributed by atoms with Crippen molar-refractivity contribution in [3.63, 3.8) is 0 Å². The average molecular weight is 292 g/mol. The van der Waals surface area contributed by atoms with E-state index in [0.717, 1.165) is 12.1 Å². The Hall–Kier alpha value is -2.83. The van der Waals surface area contributed by atoms with Crippen LogP contribution >= 0.6 is 0 Å². The molecule has 2 aromatic rings. The van der Waals surface area contributed by atoms with E-state index in [2.05, 4.69) is 0 Å². The third-order valence-corrected chi connectivity index (χ3v) is 2.91. The summed E-state index contributed by atoms with van der Waals surface area (Å²) in [5.41, 5.74) is -0.318. The number of nitrogens with zero attached hydrogens (tertiary/aromatic N) is 2. The lowest BCUT2D eigenvalue weighted by Gasteiger charge is -2.17. The minimum atomic E-state index is -1.08. The van der Waals surface area contributed by atoms with Crippen molar-refractivity contribution in [2.24, 2.45) is 0 Å². The highest BCUT2D eigenvalue weighted by molar-refractivity contribution is 6.05. The lowest BCUT2D eigenvalue weighted by atomic mass is 10.1. The zero-order chi connectivity index (χ0) is 15.6. The number of halogens is 2. The number of amides is 1. The van der Waals surface area contributed by atoms with E-state index in [9.17, 15) is 23.7 Å². The Morgan fingerprint density at radius 2 is 1.76 bits per heavy atom. The van der Waals surface area contributed by atoms with Crippen molar-refractivity contribution in [2.75, 3.05) is 11.9 Å². The van der Waals surface area contributed by atoms with Gasteiger partial charge in [0.1, 0.15) is 5.82 Å². The van der Waals surface area contributed by atoms with Crippen molar-refractivity contribution >= 4 is 17.3 Å². The standard InChI is InChI=1S/C14H10F2N2O3/c1-17(11-5-3-10(15)4-6-11)14(19)9-2-7-13(18(20)21)12(16)8-9/h2-8H,1H3. The SMILES string of the molecule is CN(C(=O)c1ccc([N+](=O)[O-])c(F)c1)c1ccc(F)cc1. The minimum absolute atomic E-state index is 0.0371. The molecule has 2 rings (SSSR count). The third-order valence-electron chi connectivity index (χ3n) is 2.91. The molecule has 0 bridgehead atoms. The molecule has 0 unspecified atom stereocenters. The highest BCUT2D eigenvalue weighted by Crippen LogP contribution is 2.21. The van der Waals surface area contributed by atoms with Crippen molar-refractivity contribution in [3.8, 4) is 0 Å². The van der Waals surface area contributed by atoms with Crippen LogP contribution in [0, 0.1) is 21.7 Å². The summed E-state index contributed by atoms with van der Waals surface area (Å²) in [4.78, 5) is 23.0. The highest BCUT2D eigenvalue weighted by atomic mass is 19.1. The Labute approximate surface area is 118 Å². The van der Waals surface area contributed by atoms with Crippen LogP contribution in [0.4, 0.5) is 20.2 Å². The first-order valence-electron chi connectivity index (χ1n) is 5.87. The molecule has 0 saturated carbocycles. The van der Waals surface area contributed by atoms with Crippen LogP contribution in [0.1, 0.15) is 10.4 Å². The predicted molar refractivity (Wildman–Crippen MR) is 72.2 cm³/mol. The van der Waals surface area contributed by atoms with Crippen LogP contribution in [0.2, 0.25) is 0 Å². The van der Waals surface area contributed by atoms with Crippen molar-refractivity contribution in [1.29, 1.82) is 0 Å². The Morgan fingerprint density at radius 3 is 2.29 bits per heavy atom. The Morgan fingerprint density at radius 1 is 1.14 bits per heavy atom. The van der Waals surface area contributed by atoms with Gasteiger partial charge >= 0.3 is 5.69 Å². The van der Waals surface area contributed by atoms with Crippen LogP contribution < -0.4 is 4.90 Å². The summed E-state index contributed by atoms with van der Waals surface area (Å²) in [7, 11) is 1.44. The molecular weight excluding hydrogens is 282 g/mol. The van der Waals surface area contributed by atoms with Gasteiger partial charge in [-0.1, -0.05) is 0 Å². The van der Waals surface area contributed by atoms with Crippen LogP contribution in [-0.2, 0) is 0 Å². The molecule has 0 aliphatic carbocycles. The molecule has 0 radical (unpaired) electrons. The van der Waals surface area contributed by atoms with Gasteiger partial charge in [-0.3, -0.25) is 14.9 Å². The number of nitro benzene ring substituents is 1. The molecule has 108 valence electrons. The first-order valence-corrected chi connectivity index (χ1v) is 5.87. The van der Waals surface area contributed by atoms with Crippen LogP contribution in [0.3, 0.4) is 0 Å². The van der Waals surface area contributed by atoms with E-state index in [1.54, 1.807) is 0 Å².